The summed E-state index contributed by atoms with van der Waals surface area (Å²) in [6.07, 6.45) is 10.0. The minimum absolute atomic E-state index is 0.0240. The lowest BCUT2D eigenvalue weighted by Crippen LogP contribution is -2.51. The summed E-state index contributed by atoms with van der Waals surface area (Å²) in [5, 5.41) is 31.3. The Morgan fingerprint density at radius 3 is 2.58 bits per heavy atom. The second-order valence-electron chi connectivity index (χ2n) is 9.49. The van der Waals surface area contributed by atoms with E-state index in [1.54, 1.807) is 0 Å². The summed E-state index contributed by atoms with van der Waals surface area (Å²) in [7, 11) is 0. The summed E-state index contributed by atoms with van der Waals surface area (Å²) in [4.78, 5) is 41.0. The number of nitrogens with zero attached hydrogens (tertiary/aromatic N) is 2. The maximum absolute atomic E-state index is 11.6. The molecule has 0 aromatic carbocycles. The van der Waals surface area contributed by atoms with Crippen molar-refractivity contribution in [3.05, 3.63) is 23.5 Å². The zero-order valence-corrected chi connectivity index (χ0v) is 18.5. The van der Waals surface area contributed by atoms with Crippen molar-refractivity contribution in [2.75, 3.05) is 0 Å². The van der Waals surface area contributed by atoms with Gasteiger partial charge < -0.3 is 26.0 Å². The summed E-state index contributed by atoms with van der Waals surface area (Å²) in [6.45, 7) is 0. The molecule has 10 nitrogen and oxygen atoms in total. The van der Waals surface area contributed by atoms with Gasteiger partial charge in [0.1, 0.15) is 18.1 Å². The van der Waals surface area contributed by atoms with E-state index in [9.17, 15) is 24.6 Å². The molecule has 0 bridgehead atoms. The van der Waals surface area contributed by atoms with Gasteiger partial charge in [-0.15, -0.1) is 0 Å². The summed E-state index contributed by atoms with van der Waals surface area (Å²) >= 11 is 0. The van der Waals surface area contributed by atoms with Gasteiger partial charge >= 0.3 is 17.9 Å². The van der Waals surface area contributed by atoms with Crippen LogP contribution in [0.4, 0.5) is 0 Å². The Hall–Kier alpha value is -2.72. The van der Waals surface area contributed by atoms with Crippen molar-refractivity contribution >= 4 is 23.6 Å². The lowest BCUT2D eigenvalue weighted by atomic mass is 9.75. The highest BCUT2D eigenvalue weighted by atomic mass is 16.4. The van der Waals surface area contributed by atoms with E-state index in [4.69, 9.17) is 10.8 Å². The molecule has 0 amide bonds. The minimum atomic E-state index is -1.06. The van der Waals surface area contributed by atoms with E-state index in [1.807, 2.05) is 6.20 Å². The fourth-order valence-electron chi connectivity index (χ4n) is 5.59. The average Bonchev–Trinajstić information content (AvgIpc) is 2.81. The van der Waals surface area contributed by atoms with Crippen molar-refractivity contribution in [3.8, 4) is 0 Å². The number of hydrogen-bond acceptors (Lipinski definition) is 7. The van der Waals surface area contributed by atoms with Crippen LogP contribution < -0.4 is 11.1 Å². The second-order valence-corrected chi connectivity index (χ2v) is 9.49. The van der Waals surface area contributed by atoms with Crippen LogP contribution >= 0.6 is 0 Å². The van der Waals surface area contributed by atoms with E-state index in [0.717, 1.165) is 37.0 Å². The van der Waals surface area contributed by atoms with Gasteiger partial charge in [0.05, 0.1) is 0 Å². The molecule has 10 heteroatoms. The number of rotatable bonds is 7. The predicted molar refractivity (Wildman–Crippen MR) is 120 cm³/mol. The number of aliphatic carboxylic acids is 3. The Bertz CT molecular complexity index is 913. The molecule has 33 heavy (non-hydrogen) atoms. The van der Waals surface area contributed by atoms with Crippen molar-refractivity contribution in [1.82, 2.24) is 10.2 Å². The molecule has 6 N–H and O–H groups in total. The molecule has 0 saturated carbocycles. The SMILES string of the molecule is N[C@@H](CCC1=CN2C=C([C@H]3CCC[C@H](C(=O)O)N3)CC[C@H]2[C@H]2CC[C@@H](C(=O)O)N=C12)C(=O)O. The zero-order chi connectivity index (χ0) is 23.7. The highest BCUT2D eigenvalue weighted by Gasteiger charge is 2.41. The number of hydrogen-bond donors (Lipinski definition) is 5. The molecule has 1 saturated heterocycles. The van der Waals surface area contributed by atoms with Gasteiger partial charge in [-0.05, 0) is 68.9 Å². The molecular formula is C23H32N4O6. The van der Waals surface area contributed by atoms with Gasteiger partial charge in [-0.25, -0.2) is 4.79 Å². The Morgan fingerprint density at radius 1 is 1.09 bits per heavy atom. The summed E-state index contributed by atoms with van der Waals surface area (Å²) in [5.41, 5.74) is 8.53. The first kappa shape index (κ1) is 23.4. The van der Waals surface area contributed by atoms with Crippen LogP contribution in [0.25, 0.3) is 0 Å². The van der Waals surface area contributed by atoms with Crippen molar-refractivity contribution in [1.29, 1.82) is 0 Å². The van der Waals surface area contributed by atoms with E-state index in [2.05, 4.69) is 21.4 Å². The van der Waals surface area contributed by atoms with Crippen LogP contribution in [-0.2, 0) is 14.4 Å². The molecule has 0 spiro atoms. The largest absolute Gasteiger partial charge is 0.480 e. The van der Waals surface area contributed by atoms with Gasteiger partial charge in [0.2, 0.25) is 0 Å². The van der Waals surface area contributed by atoms with Crippen molar-refractivity contribution < 1.29 is 29.7 Å². The van der Waals surface area contributed by atoms with Crippen LogP contribution in [-0.4, -0.2) is 74.0 Å². The van der Waals surface area contributed by atoms with Gasteiger partial charge in [0.25, 0.3) is 0 Å². The fourth-order valence-corrected chi connectivity index (χ4v) is 5.59. The lowest BCUT2D eigenvalue weighted by Gasteiger charge is -2.46. The van der Waals surface area contributed by atoms with E-state index in [1.165, 1.54) is 5.57 Å². The molecule has 4 aliphatic heterocycles. The third kappa shape index (κ3) is 4.96. The van der Waals surface area contributed by atoms with E-state index >= 15 is 0 Å². The first-order valence-corrected chi connectivity index (χ1v) is 11.7. The molecule has 4 aliphatic rings. The first-order valence-electron chi connectivity index (χ1n) is 11.7. The topological polar surface area (TPSA) is 166 Å². The second kappa shape index (κ2) is 9.64. The number of fused-ring (bicyclic) bond motifs is 3. The van der Waals surface area contributed by atoms with Crippen molar-refractivity contribution in [3.63, 3.8) is 0 Å². The molecule has 0 unspecified atom stereocenters. The minimum Gasteiger partial charge on any atom is -0.480 e. The third-order valence-corrected chi connectivity index (χ3v) is 7.38. The maximum atomic E-state index is 11.6. The number of piperidine rings is 1. The molecule has 0 aliphatic carbocycles. The number of carboxylic acids is 3. The number of nitrogens with one attached hydrogen (secondary N) is 1. The highest BCUT2D eigenvalue weighted by molar-refractivity contribution is 6.04. The Morgan fingerprint density at radius 2 is 1.88 bits per heavy atom. The quantitative estimate of drug-likeness (QED) is 0.377. The van der Waals surface area contributed by atoms with Gasteiger partial charge in [-0.2, -0.15) is 0 Å². The standard InChI is InChI=1S/C23H32N4O6/c24-15(21(28)29)7-4-13-11-27-10-12(16-2-1-3-17(25-16)22(30)31)5-9-19(27)14-6-8-18(23(32)33)26-20(13)14/h10-11,14-19,25H,1-9,24H2,(H,28,29)(H,30,31)(H,32,33)/t14-,15+,16-,17-,18+,19+/m1/s1. The molecule has 4 heterocycles. The smallest absolute Gasteiger partial charge is 0.328 e. The van der Waals surface area contributed by atoms with E-state index in [0.29, 0.717) is 25.7 Å². The van der Waals surface area contributed by atoms with Crippen LogP contribution in [0.1, 0.15) is 57.8 Å². The Labute approximate surface area is 192 Å². The molecule has 180 valence electrons. The Kier molecular flexibility index (Phi) is 6.85. The monoisotopic (exact) mass is 460 g/mol. The molecule has 0 aromatic rings. The number of carboxylic acid groups (broad SMARTS) is 3. The number of nitrogens with two attached hydrogens (primary N) is 1. The van der Waals surface area contributed by atoms with Crippen LogP contribution in [0.5, 0.6) is 0 Å². The van der Waals surface area contributed by atoms with E-state index in [-0.39, 0.29) is 24.4 Å². The average molecular weight is 461 g/mol. The van der Waals surface area contributed by atoms with Crippen molar-refractivity contribution in [2.24, 2.45) is 16.6 Å². The molecule has 4 rings (SSSR count). The molecule has 0 aromatic heterocycles. The van der Waals surface area contributed by atoms with Crippen LogP contribution in [0.2, 0.25) is 0 Å². The summed E-state index contributed by atoms with van der Waals surface area (Å²) in [6, 6.07) is -2.10. The van der Waals surface area contributed by atoms with Gasteiger partial charge in [-0.3, -0.25) is 19.9 Å². The zero-order valence-electron chi connectivity index (χ0n) is 18.5. The molecule has 6 atom stereocenters. The number of carbonyl (C=O) groups is 3. The Balaban J connectivity index is 1.61. The van der Waals surface area contributed by atoms with Gasteiger partial charge in [0.15, 0.2) is 0 Å². The summed E-state index contributed by atoms with van der Waals surface area (Å²) < 4.78 is 0. The molecular weight excluding hydrogens is 428 g/mol. The molecule has 0 radical (unpaired) electrons. The van der Waals surface area contributed by atoms with Gasteiger partial charge in [-0.1, -0.05) is 0 Å². The molecule has 1 fully saturated rings. The van der Waals surface area contributed by atoms with Crippen molar-refractivity contribution in [2.45, 2.75) is 88.0 Å². The maximum Gasteiger partial charge on any atom is 0.328 e. The number of allylic oxidation sites excluding steroid dienone is 1. The van der Waals surface area contributed by atoms with Crippen LogP contribution in [0.3, 0.4) is 0 Å². The lowest BCUT2D eigenvalue weighted by molar-refractivity contribution is -0.140. The first-order chi connectivity index (χ1) is 15.7. The normalized spacial score (nSPS) is 32.5. The number of aliphatic imine (C=N–C) groups is 1. The third-order valence-electron chi connectivity index (χ3n) is 7.38. The van der Waals surface area contributed by atoms with E-state index < -0.39 is 36.0 Å². The summed E-state index contributed by atoms with van der Waals surface area (Å²) in [5.74, 6) is -2.73. The highest BCUT2D eigenvalue weighted by Crippen LogP contribution is 2.40. The van der Waals surface area contributed by atoms with Crippen LogP contribution in [0, 0.1) is 5.92 Å². The van der Waals surface area contributed by atoms with Crippen LogP contribution in [0.15, 0.2) is 28.5 Å². The fraction of sp³-hybridized carbons (Fsp3) is 0.652. The predicted octanol–water partition coefficient (Wildman–Crippen LogP) is 1.32. The van der Waals surface area contributed by atoms with Gasteiger partial charge in [0, 0.05) is 36.1 Å².